The Morgan fingerprint density at radius 3 is 2.71 bits per heavy atom. The second-order valence-electron chi connectivity index (χ2n) is 6.20. The molecule has 1 heterocycles. The van der Waals surface area contributed by atoms with Crippen LogP contribution in [-0.2, 0) is 13.2 Å². The molecular weight excluding hydrogens is 286 g/mol. The second-order valence-corrected chi connectivity index (χ2v) is 6.60. The Balaban J connectivity index is 2.01. The predicted octanol–water partition coefficient (Wildman–Crippen LogP) is 4.71. The Morgan fingerprint density at radius 2 is 2.00 bits per heavy atom. The fourth-order valence-corrected chi connectivity index (χ4v) is 2.04. The molecule has 2 aromatic rings. The van der Waals surface area contributed by atoms with Crippen molar-refractivity contribution in [1.82, 2.24) is 5.32 Å². The van der Waals surface area contributed by atoms with E-state index in [0.29, 0.717) is 23.9 Å². The van der Waals surface area contributed by atoms with Gasteiger partial charge in [0.05, 0.1) is 17.8 Å². The minimum Gasteiger partial charge on any atom is -0.487 e. The normalized spacial score (nSPS) is 11.7. The van der Waals surface area contributed by atoms with Crippen molar-refractivity contribution >= 4 is 11.6 Å². The Hall–Kier alpha value is -1.45. The number of halogens is 1. The zero-order chi connectivity index (χ0) is 15.5. The lowest BCUT2D eigenvalue weighted by Crippen LogP contribution is -2.35. The highest BCUT2D eigenvalue weighted by Gasteiger charge is 2.13. The maximum absolute atomic E-state index is 6.14. The van der Waals surface area contributed by atoms with E-state index in [2.05, 4.69) is 26.1 Å². The molecule has 3 nitrogen and oxygen atoms in total. The average molecular weight is 308 g/mol. The monoisotopic (exact) mass is 307 g/mol. The van der Waals surface area contributed by atoms with E-state index in [4.69, 9.17) is 20.8 Å². The van der Waals surface area contributed by atoms with Crippen molar-refractivity contribution in [3.8, 4) is 5.75 Å². The summed E-state index contributed by atoms with van der Waals surface area (Å²) >= 11 is 6.14. The van der Waals surface area contributed by atoms with Crippen LogP contribution < -0.4 is 10.1 Å². The van der Waals surface area contributed by atoms with Crippen LogP contribution in [0, 0.1) is 6.92 Å². The van der Waals surface area contributed by atoms with Crippen molar-refractivity contribution < 1.29 is 9.15 Å². The first kappa shape index (κ1) is 15.9. The first-order valence-electron chi connectivity index (χ1n) is 7.04. The van der Waals surface area contributed by atoms with Crippen LogP contribution in [0.3, 0.4) is 0 Å². The first-order valence-corrected chi connectivity index (χ1v) is 7.42. The number of rotatable bonds is 5. The van der Waals surface area contributed by atoms with Gasteiger partial charge in [-0.3, -0.25) is 0 Å². The van der Waals surface area contributed by atoms with Crippen molar-refractivity contribution in [1.29, 1.82) is 0 Å². The maximum atomic E-state index is 6.14. The number of aryl methyl sites for hydroxylation is 1. The zero-order valence-electron chi connectivity index (χ0n) is 13.0. The van der Waals surface area contributed by atoms with Crippen molar-refractivity contribution in [2.45, 2.75) is 46.4 Å². The van der Waals surface area contributed by atoms with Gasteiger partial charge in [-0.1, -0.05) is 17.7 Å². The van der Waals surface area contributed by atoms with Crippen LogP contribution in [0.2, 0.25) is 5.02 Å². The summed E-state index contributed by atoms with van der Waals surface area (Å²) in [5.41, 5.74) is 2.20. The Bertz CT molecular complexity index is 599. The van der Waals surface area contributed by atoms with E-state index < -0.39 is 0 Å². The summed E-state index contributed by atoms with van der Waals surface area (Å²) < 4.78 is 11.3. The molecule has 21 heavy (non-hydrogen) atoms. The molecule has 1 aromatic carbocycles. The third-order valence-electron chi connectivity index (χ3n) is 3.09. The first-order chi connectivity index (χ1) is 9.85. The molecule has 2 rings (SSSR count). The molecule has 0 radical (unpaired) electrons. The SMILES string of the molecule is Cc1ccc(Cl)c(OCc2ccoc2CNC(C)(C)C)c1. The zero-order valence-corrected chi connectivity index (χ0v) is 13.8. The summed E-state index contributed by atoms with van der Waals surface area (Å²) in [4.78, 5) is 0. The molecule has 0 saturated heterocycles. The van der Waals surface area contributed by atoms with Gasteiger partial charge in [-0.25, -0.2) is 0 Å². The van der Waals surface area contributed by atoms with Crippen LogP contribution in [0.25, 0.3) is 0 Å². The highest BCUT2D eigenvalue weighted by atomic mass is 35.5. The topological polar surface area (TPSA) is 34.4 Å². The molecule has 1 aromatic heterocycles. The van der Waals surface area contributed by atoms with Crippen LogP contribution in [0.4, 0.5) is 0 Å². The third-order valence-corrected chi connectivity index (χ3v) is 3.40. The van der Waals surface area contributed by atoms with E-state index >= 15 is 0 Å². The van der Waals surface area contributed by atoms with E-state index in [0.717, 1.165) is 16.9 Å². The molecule has 0 aliphatic carbocycles. The molecule has 0 aliphatic heterocycles. The van der Waals surface area contributed by atoms with Gasteiger partial charge in [0.15, 0.2) is 0 Å². The predicted molar refractivity (Wildman–Crippen MR) is 85.8 cm³/mol. The molecule has 0 amide bonds. The van der Waals surface area contributed by atoms with Crippen LogP contribution in [0.15, 0.2) is 34.9 Å². The quantitative estimate of drug-likeness (QED) is 0.868. The molecule has 0 unspecified atom stereocenters. The van der Waals surface area contributed by atoms with E-state index in [1.807, 2.05) is 31.2 Å². The molecule has 0 bridgehead atoms. The number of benzene rings is 1. The minimum absolute atomic E-state index is 0.0464. The molecule has 114 valence electrons. The Morgan fingerprint density at radius 1 is 1.24 bits per heavy atom. The average Bonchev–Trinajstić information content (AvgIpc) is 2.84. The molecule has 4 heteroatoms. The van der Waals surface area contributed by atoms with E-state index in [1.165, 1.54) is 0 Å². The largest absolute Gasteiger partial charge is 0.487 e. The van der Waals surface area contributed by atoms with Gasteiger partial charge in [0.2, 0.25) is 0 Å². The van der Waals surface area contributed by atoms with E-state index in [-0.39, 0.29) is 5.54 Å². The second kappa shape index (κ2) is 6.54. The van der Waals surface area contributed by atoms with Gasteiger partial charge in [-0.2, -0.15) is 0 Å². The molecular formula is C17H22ClNO2. The molecule has 0 fully saturated rings. The number of furan rings is 1. The summed E-state index contributed by atoms with van der Waals surface area (Å²) in [6.45, 7) is 9.51. The van der Waals surface area contributed by atoms with Gasteiger partial charge in [-0.15, -0.1) is 0 Å². The summed E-state index contributed by atoms with van der Waals surface area (Å²) in [5, 5.41) is 4.03. The summed E-state index contributed by atoms with van der Waals surface area (Å²) in [5.74, 6) is 1.60. The van der Waals surface area contributed by atoms with Crippen molar-refractivity contribution in [2.75, 3.05) is 0 Å². The summed E-state index contributed by atoms with van der Waals surface area (Å²) in [7, 11) is 0. The van der Waals surface area contributed by atoms with Gasteiger partial charge in [0.1, 0.15) is 18.1 Å². The van der Waals surface area contributed by atoms with E-state index in [1.54, 1.807) is 6.26 Å². The maximum Gasteiger partial charge on any atom is 0.138 e. The van der Waals surface area contributed by atoms with Crippen molar-refractivity contribution in [3.63, 3.8) is 0 Å². The summed E-state index contributed by atoms with van der Waals surface area (Å²) in [6.07, 6.45) is 1.69. The van der Waals surface area contributed by atoms with Crippen molar-refractivity contribution in [3.05, 3.63) is 52.4 Å². The lowest BCUT2D eigenvalue weighted by molar-refractivity contribution is 0.299. The van der Waals surface area contributed by atoms with Gasteiger partial charge in [0, 0.05) is 11.1 Å². The van der Waals surface area contributed by atoms with Gasteiger partial charge in [0.25, 0.3) is 0 Å². The van der Waals surface area contributed by atoms with Crippen LogP contribution in [0.1, 0.15) is 37.7 Å². The molecule has 0 atom stereocenters. The molecule has 1 N–H and O–H groups in total. The smallest absolute Gasteiger partial charge is 0.138 e. The third kappa shape index (κ3) is 4.80. The fourth-order valence-electron chi connectivity index (χ4n) is 1.87. The van der Waals surface area contributed by atoms with Gasteiger partial charge < -0.3 is 14.5 Å². The highest BCUT2D eigenvalue weighted by molar-refractivity contribution is 6.32. The van der Waals surface area contributed by atoms with Gasteiger partial charge >= 0.3 is 0 Å². The lowest BCUT2D eigenvalue weighted by Gasteiger charge is -2.20. The fraction of sp³-hybridized carbons (Fsp3) is 0.412. The summed E-state index contributed by atoms with van der Waals surface area (Å²) in [6, 6.07) is 7.69. The minimum atomic E-state index is 0.0464. The number of hydrogen-bond donors (Lipinski definition) is 1. The molecule has 0 saturated carbocycles. The van der Waals surface area contributed by atoms with Crippen LogP contribution >= 0.6 is 11.6 Å². The Labute approximate surface area is 131 Å². The Kier molecular flexibility index (Phi) is 4.96. The van der Waals surface area contributed by atoms with Crippen LogP contribution in [-0.4, -0.2) is 5.54 Å². The highest BCUT2D eigenvalue weighted by Crippen LogP contribution is 2.26. The molecule has 0 aliphatic rings. The number of hydrogen-bond acceptors (Lipinski definition) is 3. The lowest BCUT2D eigenvalue weighted by atomic mass is 10.1. The van der Waals surface area contributed by atoms with Crippen molar-refractivity contribution in [2.24, 2.45) is 0 Å². The standard InChI is InChI=1S/C17H22ClNO2/c1-12-5-6-14(18)15(9-12)21-11-13-7-8-20-16(13)10-19-17(2,3)4/h5-9,19H,10-11H2,1-4H3. The number of nitrogens with one attached hydrogen (secondary N) is 1. The van der Waals surface area contributed by atoms with Gasteiger partial charge in [-0.05, 0) is 51.5 Å². The van der Waals surface area contributed by atoms with E-state index in [9.17, 15) is 0 Å². The molecule has 0 spiro atoms. The number of ether oxygens (including phenoxy) is 1. The van der Waals surface area contributed by atoms with Crippen LogP contribution in [0.5, 0.6) is 5.75 Å².